The van der Waals surface area contributed by atoms with Crippen LogP contribution in [0.4, 0.5) is 0 Å². The highest BCUT2D eigenvalue weighted by molar-refractivity contribution is 6.01. The first kappa shape index (κ1) is 36.1. The topological polar surface area (TPSA) is 155 Å². The Kier molecular flexibility index (Phi) is 13.0. The van der Waals surface area contributed by atoms with E-state index in [1.165, 1.54) is 0 Å². The lowest BCUT2D eigenvalue weighted by Crippen LogP contribution is -2.63. The molecule has 1 aliphatic heterocycles. The molecule has 1 fully saturated rings. The van der Waals surface area contributed by atoms with Gasteiger partial charge in [0.25, 0.3) is 5.91 Å². The fourth-order valence-electron chi connectivity index (χ4n) is 6.51. The number of rotatable bonds is 7. The normalized spacial score (nSPS) is 20.4. The molecule has 11 nitrogen and oxygen atoms in total. The SMILES string of the molecule is O=C1C[C@@H](C(=O)NCCCc2ccccc2)NC(=O)c2ccccc2OCCCNC(=O)[C@H](Cc2ccccc2)NC(=O)C2(CCCCC2)N1. The third-order valence-electron chi connectivity index (χ3n) is 9.23. The number of carbonyl (C=O) groups is 5. The molecule has 0 saturated heterocycles. The average Bonchev–Trinajstić information content (AvgIpc) is 3.13. The second-order valence-corrected chi connectivity index (χ2v) is 13.0. The van der Waals surface area contributed by atoms with Gasteiger partial charge in [-0.15, -0.1) is 0 Å². The van der Waals surface area contributed by atoms with Crippen LogP contribution in [0.2, 0.25) is 0 Å². The highest BCUT2D eigenvalue weighted by Crippen LogP contribution is 2.29. The Bertz CT molecular complexity index is 1610. The molecule has 2 atom stereocenters. The zero-order chi connectivity index (χ0) is 35.2. The van der Waals surface area contributed by atoms with E-state index in [4.69, 9.17) is 4.74 Å². The molecule has 5 N–H and O–H groups in total. The Hall–Kier alpha value is -5.19. The number of aryl methyl sites for hydroxylation is 1. The summed E-state index contributed by atoms with van der Waals surface area (Å²) in [6.45, 7) is 0.832. The van der Waals surface area contributed by atoms with Gasteiger partial charge in [0, 0.05) is 19.5 Å². The van der Waals surface area contributed by atoms with E-state index in [9.17, 15) is 24.0 Å². The van der Waals surface area contributed by atoms with Gasteiger partial charge in [-0.1, -0.05) is 92.1 Å². The molecule has 0 aromatic heterocycles. The number of hydrogen-bond donors (Lipinski definition) is 5. The minimum Gasteiger partial charge on any atom is -0.493 e. The van der Waals surface area contributed by atoms with Crippen molar-refractivity contribution in [1.82, 2.24) is 26.6 Å². The molecule has 1 heterocycles. The third kappa shape index (κ3) is 10.2. The Labute approximate surface area is 293 Å². The van der Waals surface area contributed by atoms with Crippen molar-refractivity contribution in [1.29, 1.82) is 0 Å². The Morgan fingerprint density at radius 1 is 0.800 bits per heavy atom. The van der Waals surface area contributed by atoms with E-state index in [1.54, 1.807) is 24.3 Å². The zero-order valence-electron chi connectivity index (χ0n) is 28.4. The first-order valence-electron chi connectivity index (χ1n) is 17.6. The molecule has 1 spiro atoms. The minimum atomic E-state index is -1.27. The average molecular weight is 682 g/mol. The smallest absolute Gasteiger partial charge is 0.255 e. The van der Waals surface area contributed by atoms with Crippen molar-refractivity contribution in [2.45, 2.75) is 81.8 Å². The first-order chi connectivity index (χ1) is 24.3. The van der Waals surface area contributed by atoms with Crippen LogP contribution in [0, 0.1) is 0 Å². The maximum absolute atomic E-state index is 14.1. The fraction of sp³-hybridized carbons (Fsp3) is 0.410. The molecule has 1 saturated carbocycles. The van der Waals surface area contributed by atoms with Gasteiger partial charge in [-0.2, -0.15) is 0 Å². The number of nitrogens with one attached hydrogen (secondary N) is 5. The van der Waals surface area contributed by atoms with Crippen LogP contribution in [0.1, 0.15) is 72.9 Å². The van der Waals surface area contributed by atoms with Gasteiger partial charge in [0.05, 0.1) is 18.6 Å². The number of fused-ring (bicyclic) bond motifs is 1. The van der Waals surface area contributed by atoms with E-state index >= 15 is 0 Å². The molecule has 5 rings (SSSR count). The Balaban J connectivity index is 1.38. The summed E-state index contributed by atoms with van der Waals surface area (Å²) in [5, 5.41) is 14.5. The molecule has 3 aromatic rings. The minimum absolute atomic E-state index is 0.205. The van der Waals surface area contributed by atoms with E-state index in [2.05, 4.69) is 26.6 Å². The molecule has 1 aliphatic carbocycles. The molecule has 50 heavy (non-hydrogen) atoms. The van der Waals surface area contributed by atoms with Crippen LogP contribution in [0.25, 0.3) is 0 Å². The number of ether oxygens (including phenoxy) is 1. The molecule has 264 valence electrons. The molecular weight excluding hydrogens is 634 g/mol. The summed E-state index contributed by atoms with van der Waals surface area (Å²) in [7, 11) is 0. The van der Waals surface area contributed by atoms with Gasteiger partial charge >= 0.3 is 0 Å². The molecular formula is C39H47N5O6. The van der Waals surface area contributed by atoms with Crippen LogP contribution in [0.15, 0.2) is 84.9 Å². The van der Waals surface area contributed by atoms with Crippen molar-refractivity contribution >= 4 is 29.5 Å². The summed E-state index contributed by atoms with van der Waals surface area (Å²) >= 11 is 0. The summed E-state index contributed by atoms with van der Waals surface area (Å²) in [5.41, 5.74) is 0.967. The van der Waals surface area contributed by atoms with Crippen LogP contribution in [-0.4, -0.2) is 66.9 Å². The molecule has 0 bridgehead atoms. The number of benzene rings is 3. The zero-order valence-corrected chi connectivity index (χ0v) is 28.4. The second-order valence-electron chi connectivity index (χ2n) is 13.0. The highest BCUT2D eigenvalue weighted by atomic mass is 16.5. The summed E-state index contributed by atoms with van der Waals surface area (Å²) < 4.78 is 5.93. The summed E-state index contributed by atoms with van der Waals surface area (Å²) in [5.74, 6) is -2.09. The third-order valence-corrected chi connectivity index (χ3v) is 9.23. The predicted octanol–water partition coefficient (Wildman–Crippen LogP) is 3.37. The van der Waals surface area contributed by atoms with Gasteiger partial charge in [-0.05, 0) is 55.4 Å². The predicted molar refractivity (Wildman–Crippen MR) is 189 cm³/mol. The standard InChI is InChI=1S/C39H47N5O6/c45-34-27-32(37(48)40-23-12-18-28-14-4-1-5-15-28)42-35(46)30-19-8-9-20-33(30)50-25-13-24-41-36(47)31(26-29-16-6-2-7-17-29)43-38(49)39(44-34)21-10-3-11-22-39/h1-2,4-9,14-17,19-20,31-32H,3,10-13,18,21-27H2,(H,40,48)(H,41,47)(H,42,46)(H,43,49)(H,44,45)/t31-,32-/m0/s1. The molecule has 0 unspecified atom stereocenters. The van der Waals surface area contributed by atoms with E-state index in [0.29, 0.717) is 50.8 Å². The maximum atomic E-state index is 14.1. The van der Waals surface area contributed by atoms with Crippen LogP contribution in [0.3, 0.4) is 0 Å². The van der Waals surface area contributed by atoms with Crippen LogP contribution in [0.5, 0.6) is 5.75 Å². The largest absolute Gasteiger partial charge is 0.493 e. The quantitative estimate of drug-likeness (QED) is 0.241. The van der Waals surface area contributed by atoms with Crippen molar-refractivity contribution < 1.29 is 28.7 Å². The van der Waals surface area contributed by atoms with Gasteiger partial charge < -0.3 is 31.3 Å². The second kappa shape index (κ2) is 18.0. The fourth-order valence-corrected chi connectivity index (χ4v) is 6.51. The van der Waals surface area contributed by atoms with E-state index in [0.717, 1.165) is 24.0 Å². The number of carbonyl (C=O) groups excluding carboxylic acids is 5. The van der Waals surface area contributed by atoms with Gasteiger partial charge in [0.15, 0.2) is 0 Å². The molecule has 11 heteroatoms. The number of hydrogen-bond acceptors (Lipinski definition) is 6. The summed E-state index contributed by atoms with van der Waals surface area (Å²) in [6, 6.07) is 23.9. The molecule has 5 amide bonds. The first-order valence-corrected chi connectivity index (χ1v) is 17.6. The maximum Gasteiger partial charge on any atom is 0.255 e. The van der Waals surface area contributed by atoms with Crippen molar-refractivity contribution in [3.8, 4) is 5.75 Å². The van der Waals surface area contributed by atoms with E-state index in [-0.39, 0.29) is 37.5 Å². The summed E-state index contributed by atoms with van der Waals surface area (Å²) in [6.07, 6.45) is 4.85. The number of amides is 5. The van der Waals surface area contributed by atoms with Crippen molar-refractivity contribution in [2.75, 3.05) is 19.7 Å². The van der Waals surface area contributed by atoms with E-state index < -0.39 is 41.3 Å². The van der Waals surface area contributed by atoms with Crippen LogP contribution in [-0.2, 0) is 32.0 Å². The lowest BCUT2D eigenvalue weighted by atomic mass is 9.80. The van der Waals surface area contributed by atoms with Gasteiger partial charge in [0.1, 0.15) is 23.4 Å². The lowest BCUT2D eigenvalue weighted by Gasteiger charge is -2.38. The van der Waals surface area contributed by atoms with Gasteiger partial charge in [-0.3, -0.25) is 24.0 Å². The molecule has 3 aromatic carbocycles. The molecule has 0 radical (unpaired) electrons. The monoisotopic (exact) mass is 681 g/mol. The van der Waals surface area contributed by atoms with Crippen LogP contribution >= 0.6 is 0 Å². The van der Waals surface area contributed by atoms with E-state index in [1.807, 2.05) is 60.7 Å². The molecule has 2 aliphatic rings. The Morgan fingerprint density at radius 2 is 1.48 bits per heavy atom. The van der Waals surface area contributed by atoms with Gasteiger partial charge in [-0.25, -0.2) is 0 Å². The summed E-state index contributed by atoms with van der Waals surface area (Å²) in [4.78, 5) is 68.5. The number of para-hydroxylation sites is 1. The lowest BCUT2D eigenvalue weighted by molar-refractivity contribution is -0.138. The van der Waals surface area contributed by atoms with Crippen molar-refractivity contribution in [3.05, 3.63) is 102 Å². The Morgan fingerprint density at radius 3 is 2.22 bits per heavy atom. The van der Waals surface area contributed by atoms with Crippen LogP contribution < -0.4 is 31.3 Å². The van der Waals surface area contributed by atoms with Gasteiger partial charge in [0.2, 0.25) is 23.6 Å². The van der Waals surface area contributed by atoms with Crippen molar-refractivity contribution in [3.63, 3.8) is 0 Å². The highest BCUT2D eigenvalue weighted by Gasteiger charge is 2.43. The van der Waals surface area contributed by atoms with Crippen molar-refractivity contribution in [2.24, 2.45) is 0 Å².